The van der Waals surface area contributed by atoms with Crippen LogP contribution < -0.4 is 0 Å². The predicted molar refractivity (Wildman–Crippen MR) is 83.9 cm³/mol. The maximum absolute atomic E-state index is 12.0. The van der Waals surface area contributed by atoms with Gasteiger partial charge in [0.25, 0.3) is 0 Å². The van der Waals surface area contributed by atoms with E-state index in [1.807, 2.05) is 30.3 Å². The third-order valence-electron chi connectivity index (χ3n) is 3.01. The quantitative estimate of drug-likeness (QED) is 0.473. The topological polar surface area (TPSA) is 26.3 Å². The molecular formula is C19H16O2. The number of terminal acetylenes is 1. The highest BCUT2D eigenvalue weighted by atomic mass is 16.5. The van der Waals surface area contributed by atoms with Crippen LogP contribution in [0.15, 0.2) is 66.7 Å². The van der Waals surface area contributed by atoms with E-state index in [-0.39, 0.29) is 6.61 Å². The summed E-state index contributed by atoms with van der Waals surface area (Å²) >= 11 is 0. The number of hydrogen-bond acceptors (Lipinski definition) is 2. The standard InChI is InChI=1S/C19H16O2/c1-3-17-11-7-8-12-18(17)19(20)21-14-15(2)13-16-9-5-4-6-10-16/h1,4-12H,2,13-14H2. The molecule has 0 bridgehead atoms. The van der Waals surface area contributed by atoms with Crippen molar-refractivity contribution < 1.29 is 9.53 Å². The Hall–Kier alpha value is -2.79. The summed E-state index contributed by atoms with van der Waals surface area (Å²) in [6.45, 7) is 4.13. The van der Waals surface area contributed by atoms with Gasteiger partial charge in [-0.3, -0.25) is 0 Å². The van der Waals surface area contributed by atoms with Crippen molar-refractivity contribution in [2.75, 3.05) is 6.61 Å². The number of carbonyl (C=O) groups is 1. The summed E-state index contributed by atoms with van der Waals surface area (Å²) in [5.41, 5.74) is 2.93. The lowest BCUT2D eigenvalue weighted by atomic mass is 10.1. The van der Waals surface area contributed by atoms with Gasteiger partial charge in [-0.05, 0) is 29.7 Å². The molecule has 0 unspecified atom stereocenters. The van der Waals surface area contributed by atoms with E-state index in [0.717, 1.165) is 11.1 Å². The smallest absolute Gasteiger partial charge is 0.339 e. The SMILES string of the molecule is C#Cc1ccccc1C(=O)OCC(=C)Cc1ccccc1. The number of esters is 1. The molecule has 0 N–H and O–H groups in total. The third-order valence-corrected chi connectivity index (χ3v) is 3.01. The maximum Gasteiger partial charge on any atom is 0.339 e. The van der Waals surface area contributed by atoms with Crippen molar-refractivity contribution in [3.05, 3.63) is 83.4 Å². The van der Waals surface area contributed by atoms with E-state index >= 15 is 0 Å². The first-order chi connectivity index (χ1) is 10.2. The Morgan fingerprint density at radius 2 is 1.76 bits per heavy atom. The minimum Gasteiger partial charge on any atom is -0.458 e. The Labute approximate surface area is 125 Å². The molecule has 2 heteroatoms. The van der Waals surface area contributed by atoms with Crippen LogP contribution in [0, 0.1) is 12.3 Å². The van der Waals surface area contributed by atoms with Gasteiger partial charge in [0.2, 0.25) is 0 Å². The zero-order chi connectivity index (χ0) is 15.1. The van der Waals surface area contributed by atoms with E-state index in [2.05, 4.69) is 12.5 Å². The van der Waals surface area contributed by atoms with Gasteiger partial charge in [-0.2, -0.15) is 0 Å². The Morgan fingerprint density at radius 1 is 1.10 bits per heavy atom. The van der Waals surface area contributed by atoms with Crippen LogP contribution in [0.5, 0.6) is 0 Å². The Bertz CT molecular complexity index is 678. The Kier molecular flexibility index (Phi) is 4.95. The summed E-state index contributed by atoms with van der Waals surface area (Å²) in [7, 11) is 0. The van der Waals surface area contributed by atoms with E-state index in [0.29, 0.717) is 17.5 Å². The van der Waals surface area contributed by atoms with Crippen molar-refractivity contribution in [1.82, 2.24) is 0 Å². The van der Waals surface area contributed by atoms with Gasteiger partial charge >= 0.3 is 5.97 Å². The van der Waals surface area contributed by atoms with Crippen molar-refractivity contribution in [2.24, 2.45) is 0 Å². The average molecular weight is 276 g/mol. The van der Waals surface area contributed by atoms with Crippen molar-refractivity contribution in [3.8, 4) is 12.3 Å². The fraction of sp³-hybridized carbons (Fsp3) is 0.105. The zero-order valence-electron chi connectivity index (χ0n) is 11.7. The van der Waals surface area contributed by atoms with E-state index in [1.54, 1.807) is 24.3 Å². The van der Waals surface area contributed by atoms with Crippen molar-refractivity contribution in [2.45, 2.75) is 6.42 Å². The number of carbonyl (C=O) groups excluding carboxylic acids is 1. The highest BCUT2D eigenvalue weighted by molar-refractivity contribution is 5.92. The number of rotatable bonds is 5. The van der Waals surface area contributed by atoms with Crippen LogP contribution in [0.2, 0.25) is 0 Å². The third kappa shape index (κ3) is 4.09. The molecule has 0 aromatic heterocycles. The summed E-state index contributed by atoms with van der Waals surface area (Å²) < 4.78 is 5.27. The van der Waals surface area contributed by atoms with Gasteiger partial charge < -0.3 is 4.74 Å². The van der Waals surface area contributed by atoms with Gasteiger partial charge in [0.1, 0.15) is 6.61 Å². The molecule has 0 fully saturated rings. The molecule has 0 spiro atoms. The highest BCUT2D eigenvalue weighted by Crippen LogP contribution is 2.11. The summed E-state index contributed by atoms with van der Waals surface area (Å²) in [4.78, 5) is 12.0. The van der Waals surface area contributed by atoms with E-state index in [9.17, 15) is 4.79 Å². The maximum atomic E-state index is 12.0. The molecule has 2 aromatic carbocycles. The van der Waals surface area contributed by atoms with E-state index < -0.39 is 5.97 Å². The van der Waals surface area contributed by atoms with Crippen LogP contribution in [0.3, 0.4) is 0 Å². The molecule has 2 rings (SSSR count). The molecular weight excluding hydrogens is 260 g/mol. The van der Waals surface area contributed by atoms with Crippen LogP contribution in [0.1, 0.15) is 21.5 Å². The summed E-state index contributed by atoms with van der Waals surface area (Å²) in [5, 5.41) is 0. The molecule has 0 heterocycles. The molecule has 2 aromatic rings. The lowest BCUT2D eigenvalue weighted by Crippen LogP contribution is -2.10. The average Bonchev–Trinajstić information content (AvgIpc) is 2.53. The summed E-state index contributed by atoms with van der Waals surface area (Å²) in [5.74, 6) is 2.06. The van der Waals surface area contributed by atoms with E-state index in [1.165, 1.54) is 0 Å². The number of ether oxygens (including phenoxy) is 1. The minimum atomic E-state index is -0.419. The molecule has 0 atom stereocenters. The van der Waals surface area contributed by atoms with Gasteiger partial charge in [-0.15, -0.1) is 6.42 Å². The van der Waals surface area contributed by atoms with E-state index in [4.69, 9.17) is 11.2 Å². The highest BCUT2D eigenvalue weighted by Gasteiger charge is 2.11. The number of benzene rings is 2. The zero-order valence-corrected chi connectivity index (χ0v) is 11.7. The van der Waals surface area contributed by atoms with Gasteiger partial charge in [-0.25, -0.2) is 4.79 Å². The summed E-state index contributed by atoms with van der Waals surface area (Å²) in [6, 6.07) is 16.9. The Balaban J connectivity index is 1.92. The summed E-state index contributed by atoms with van der Waals surface area (Å²) in [6.07, 6.45) is 6.06. The van der Waals surface area contributed by atoms with Crippen molar-refractivity contribution in [1.29, 1.82) is 0 Å². The molecule has 0 aliphatic carbocycles. The molecule has 0 aliphatic heterocycles. The fourth-order valence-corrected chi connectivity index (χ4v) is 1.97. The van der Waals surface area contributed by atoms with Crippen LogP contribution >= 0.6 is 0 Å². The van der Waals surface area contributed by atoms with Gasteiger partial charge in [0, 0.05) is 5.56 Å². The molecule has 0 saturated carbocycles. The monoisotopic (exact) mass is 276 g/mol. The molecule has 0 radical (unpaired) electrons. The second-order valence-electron chi connectivity index (χ2n) is 4.68. The first-order valence-corrected chi connectivity index (χ1v) is 6.64. The van der Waals surface area contributed by atoms with Crippen LogP contribution in [-0.4, -0.2) is 12.6 Å². The molecule has 21 heavy (non-hydrogen) atoms. The van der Waals surface area contributed by atoms with Gasteiger partial charge in [-0.1, -0.05) is 55.0 Å². The lowest BCUT2D eigenvalue weighted by Gasteiger charge is -2.09. The second-order valence-corrected chi connectivity index (χ2v) is 4.68. The van der Waals surface area contributed by atoms with Gasteiger partial charge in [0.15, 0.2) is 0 Å². The molecule has 0 saturated heterocycles. The molecule has 104 valence electrons. The second kappa shape index (κ2) is 7.12. The molecule has 2 nitrogen and oxygen atoms in total. The normalized spacial score (nSPS) is 9.67. The Morgan fingerprint density at radius 3 is 2.48 bits per heavy atom. The molecule has 0 aliphatic rings. The van der Waals surface area contributed by atoms with Crippen LogP contribution in [-0.2, 0) is 11.2 Å². The van der Waals surface area contributed by atoms with Crippen molar-refractivity contribution >= 4 is 5.97 Å². The minimum absolute atomic E-state index is 0.187. The van der Waals surface area contributed by atoms with Crippen LogP contribution in [0.25, 0.3) is 0 Å². The van der Waals surface area contributed by atoms with Gasteiger partial charge in [0.05, 0.1) is 5.56 Å². The largest absolute Gasteiger partial charge is 0.458 e. The van der Waals surface area contributed by atoms with Crippen molar-refractivity contribution in [3.63, 3.8) is 0 Å². The first kappa shape index (κ1) is 14.6. The lowest BCUT2D eigenvalue weighted by molar-refractivity contribution is 0.0538. The number of hydrogen-bond donors (Lipinski definition) is 0. The van der Waals surface area contributed by atoms with Crippen LogP contribution in [0.4, 0.5) is 0 Å². The first-order valence-electron chi connectivity index (χ1n) is 6.64. The predicted octanol–water partition coefficient (Wildman–Crippen LogP) is 3.62. The molecule has 0 amide bonds. The fourth-order valence-electron chi connectivity index (χ4n) is 1.97.